The molecule has 0 bridgehead atoms. The fourth-order valence-electron chi connectivity index (χ4n) is 1.16. The summed E-state index contributed by atoms with van der Waals surface area (Å²) in [5.41, 5.74) is -1.18. The number of hydrogen-bond donors (Lipinski definition) is 3. The standard InChI is InChI=1S/C8H7F5O3Si/c9-4-3(1-2-17(14,15)16)5(10)7(12)8(13)6(4)11/h14-16H,1-2H2. The first kappa shape index (κ1) is 14.0. The van der Waals surface area contributed by atoms with Gasteiger partial charge in [-0.05, 0) is 6.42 Å². The van der Waals surface area contributed by atoms with Crippen molar-refractivity contribution in [3.05, 3.63) is 34.6 Å². The second-order valence-electron chi connectivity index (χ2n) is 3.32. The van der Waals surface area contributed by atoms with Crippen molar-refractivity contribution in [2.24, 2.45) is 0 Å². The molecular formula is C8H7F5O3Si. The zero-order chi connectivity index (χ0) is 13.4. The van der Waals surface area contributed by atoms with Crippen molar-refractivity contribution in [2.45, 2.75) is 12.5 Å². The Morgan fingerprint density at radius 1 is 0.706 bits per heavy atom. The van der Waals surface area contributed by atoms with Crippen LogP contribution in [0.2, 0.25) is 6.04 Å². The first-order chi connectivity index (χ1) is 7.65. The third-order valence-electron chi connectivity index (χ3n) is 2.01. The molecule has 0 atom stereocenters. The van der Waals surface area contributed by atoms with E-state index in [0.717, 1.165) is 0 Å². The monoisotopic (exact) mass is 274 g/mol. The van der Waals surface area contributed by atoms with Crippen LogP contribution in [0.25, 0.3) is 0 Å². The summed E-state index contributed by atoms with van der Waals surface area (Å²) in [6, 6.07) is -0.870. The Morgan fingerprint density at radius 3 is 1.41 bits per heavy atom. The molecule has 0 spiro atoms. The van der Waals surface area contributed by atoms with Crippen LogP contribution in [0.3, 0.4) is 0 Å². The summed E-state index contributed by atoms with van der Waals surface area (Å²) in [5, 5.41) is 0. The molecule has 1 rings (SSSR count). The van der Waals surface area contributed by atoms with Gasteiger partial charge in [0.25, 0.3) is 0 Å². The van der Waals surface area contributed by atoms with Crippen LogP contribution in [0.1, 0.15) is 5.56 Å². The SMILES string of the molecule is O[Si](O)(O)CCc1c(F)c(F)c(F)c(F)c1F. The van der Waals surface area contributed by atoms with E-state index in [9.17, 15) is 22.0 Å². The van der Waals surface area contributed by atoms with E-state index >= 15 is 0 Å². The highest BCUT2D eigenvalue weighted by atomic mass is 28.4. The molecule has 1 aromatic carbocycles. The number of rotatable bonds is 3. The highest BCUT2D eigenvalue weighted by Gasteiger charge is 2.31. The number of halogens is 5. The van der Waals surface area contributed by atoms with Crippen LogP contribution in [0.5, 0.6) is 0 Å². The Morgan fingerprint density at radius 2 is 1.06 bits per heavy atom. The van der Waals surface area contributed by atoms with E-state index < -0.39 is 55.9 Å². The highest BCUT2D eigenvalue weighted by Crippen LogP contribution is 2.24. The Balaban J connectivity index is 3.16. The molecule has 0 amide bonds. The lowest BCUT2D eigenvalue weighted by atomic mass is 10.1. The molecule has 0 radical (unpaired) electrons. The minimum atomic E-state index is -4.61. The van der Waals surface area contributed by atoms with Gasteiger partial charge < -0.3 is 14.4 Å². The van der Waals surface area contributed by atoms with Gasteiger partial charge in [-0.1, -0.05) is 0 Å². The van der Waals surface area contributed by atoms with Crippen molar-refractivity contribution in [2.75, 3.05) is 0 Å². The Labute approximate surface area is 93.1 Å². The second-order valence-corrected chi connectivity index (χ2v) is 5.37. The van der Waals surface area contributed by atoms with Gasteiger partial charge in [-0.2, -0.15) is 0 Å². The van der Waals surface area contributed by atoms with E-state index in [1.807, 2.05) is 0 Å². The minimum Gasteiger partial charge on any atom is -0.390 e. The lowest BCUT2D eigenvalue weighted by molar-refractivity contribution is 0.227. The van der Waals surface area contributed by atoms with Crippen LogP contribution in [-0.2, 0) is 6.42 Å². The molecule has 9 heteroatoms. The van der Waals surface area contributed by atoms with Crippen molar-refractivity contribution in [3.63, 3.8) is 0 Å². The maximum Gasteiger partial charge on any atom is 0.493 e. The quantitative estimate of drug-likeness (QED) is 0.331. The fraction of sp³-hybridized carbons (Fsp3) is 0.250. The van der Waals surface area contributed by atoms with Gasteiger partial charge in [0, 0.05) is 11.6 Å². The molecule has 0 fully saturated rings. The summed E-state index contributed by atoms with van der Waals surface area (Å²) in [4.78, 5) is 25.8. The van der Waals surface area contributed by atoms with Crippen molar-refractivity contribution in [1.82, 2.24) is 0 Å². The normalized spacial score (nSPS) is 12.0. The van der Waals surface area contributed by atoms with Crippen molar-refractivity contribution in [3.8, 4) is 0 Å². The van der Waals surface area contributed by atoms with E-state index in [0.29, 0.717) is 0 Å². The number of hydrogen-bond acceptors (Lipinski definition) is 3. The maximum absolute atomic E-state index is 13.0. The number of benzene rings is 1. The summed E-state index contributed by atoms with van der Waals surface area (Å²) in [7, 11) is -4.61. The summed E-state index contributed by atoms with van der Waals surface area (Å²) >= 11 is 0. The van der Waals surface area contributed by atoms with Crippen molar-refractivity contribution < 1.29 is 36.3 Å². The van der Waals surface area contributed by atoms with Crippen LogP contribution in [0.15, 0.2) is 0 Å². The maximum atomic E-state index is 13.0. The van der Waals surface area contributed by atoms with Crippen LogP contribution in [0.4, 0.5) is 22.0 Å². The van der Waals surface area contributed by atoms with Crippen LogP contribution >= 0.6 is 0 Å². The zero-order valence-corrected chi connectivity index (χ0v) is 9.15. The second kappa shape index (κ2) is 4.68. The van der Waals surface area contributed by atoms with E-state index in [1.54, 1.807) is 0 Å². The smallest absolute Gasteiger partial charge is 0.390 e. The van der Waals surface area contributed by atoms with E-state index in [4.69, 9.17) is 14.4 Å². The van der Waals surface area contributed by atoms with Crippen molar-refractivity contribution in [1.29, 1.82) is 0 Å². The third-order valence-corrected chi connectivity index (χ3v) is 2.93. The third kappa shape index (κ3) is 3.00. The molecule has 1 aromatic rings. The van der Waals surface area contributed by atoms with E-state index in [1.165, 1.54) is 0 Å². The molecule has 0 aliphatic rings. The van der Waals surface area contributed by atoms with Gasteiger partial charge in [0.05, 0.1) is 0 Å². The van der Waals surface area contributed by atoms with Gasteiger partial charge >= 0.3 is 8.80 Å². The molecule has 0 unspecified atom stereocenters. The van der Waals surface area contributed by atoms with Gasteiger partial charge in [0.2, 0.25) is 5.82 Å². The van der Waals surface area contributed by atoms with Gasteiger partial charge in [-0.3, -0.25) is 0 Å². The minimum absolute atomic E-state index is 0.870. The van der Waals surface area contributed by atoms with E-state index in [2.05, 4.69) is 0 Å². The molecule has 0 saturated heterocycles. The predicted molar refractivity (Wildman–Crippen MR) is 47.2 cm³/mol. The molecule has 0 saturated carbocycles. The molecule has 96 valence electrons. The summed E-state index contributed by atoms with van der Waals surface area (Å²) < 4.78 is 64.0. The summed E-state index contributed by atoms with van der Waals surface area (Å²) in [6.45, 7) is 0. The summed E-state index contributed by atoms with van der Waals surface area (Å²) in [6.07, 6.45) is -0.874. The first-order valence-corrected chi connectivity index (χ1v) is 6.37. The molecule has 0 heterocycles. The van der Waals surface area contributed by atoms with Gasteiger partial charge in [-0.25, -0.2) is 22.0 Å². The van der Waals surface area contributed by atoms with Crippen LogP contribution < -0.4 is 0 Å². The summed E-state index contributed by atoms with van der Waals surface area (Å²) in [5.74, 6) is -10.6. The Bertz CT molecular complexity index is 417. The Kier molecular flexibility index (Phi) is 3.87. The van der Waals surface area contributed by atoms with Crippen molar-refractivity contribution >= 4 is 8.80 Å². The fourth-order valence-corrected chi connectivity index (χ4v) is 1.75. The molecule has 17 heavy (non-hydrogen) atoms. The Hall–Kier alpha value is -1.03. The predicted octanol–water partition coefficient (Wildman–Crippen LogP) is 0.840. The molecule has 3 nitrogen and oxygen atoms in total. The average Bonchev–Trinajstić information content (AvgIpc) is 2.22. The topological polar surface area (TPSA) is 60.7 Å². The molecule has 0 aliphatic heterocycles. The highest BCUT2D eigenvalue weighted by molar-refractivity contribution is 6.56. The zero-order valence-electron chi connectivity index (χ0n) is 8.15. The molecular weight excluding hydrogens is 267 g/mol. The largest absolute Gasteiger partial charge is 0.493 e. The van der Waals surface area contributed by atoms with Gasteiger partial charge in [0.1, 0.15) is 0 Å². The van der Waals surface area contributed by atoms with E-state index in [-0.39, 0.29) is 0 Å². The lowest BCUT2D eigenvalue weighted by Gasteiger charge is -2.11. The molecule has 0 aliphatic carbocycles. The average molecular weight is 274 g/mol. The molecule has 3 N–H and O–H groups in total. The van der Waals surface area contributed by atoms with Crippen LogP contribution in [-0.4, -0.2) is 23.2 Å². The molecule has 0 aromatic heterocycles. The lowest BCUT2D eigenvalue weighted by Crippen LogP contribution is -2.35. The van der Waals surface area contributed by atoms with Gasteiger partial charge in [0.15, 0.2) is 23.3 Å². The van der Waals surface area contributed by atoms with Crippen LogP contribution in [0, 0.1) is 29.1 Å². The van der Waals surface area contributed by atoms with Gasteiger partial charge in [-0.15, -0.1) is 0 Å². The first-order valence-electron chi connectivity index (χ1n) is 4.32.